The largest absolute Gasteiger partial charge is 0.508 e. The smallest absolute Gasteiger partial charge is 0.411 e. The van der Waals surface area contributed by atoms with E-state index < -0.39 is 17.3 Å². The first kappa shape index (κ1) is 34.0. The Labute approximate surface area is 272 Å². The number of allylic oxidation sites excluding steroid dienone is 2. The van der Waals surface area contributed by atoms with E-state index in [9.17, 15) is 19.8 Å². The van der Waals surface area contributed by atoms with Crippen LogP contribution in [-0.4, -0.2) is 35.1 Å². The minimum atomic E-state index is -0.694. The highest BCUT2D eigenvalue weighted by Gasteiger charge is 2.32. The number of methoxy groups -OCH3 is 1. The highest BCUT2D eigenvalue weighted by Crippen LogP contribution is 2.49. The van der Waals surface area contributed by atoms with Gasteiger partial charge in [0.1, 0.15) is 39.5 Å². The zero-order valence-electron chi connectivity index (χ0n) is 26.9. The summed E-state index contributed by atoms with van der Waals surface area (Å²) in [6.07, 6.45) is 5.71. The van der Waals surface area contributed by atoms with Gasteiger partial charge in [0.25, 0.3) is 0 Å². The number of hydrogen-bond acceptors (Lipinski definition) is 8. The molecular formula is C36H38ClNO8. The molecule has 2 heterocycles. The van der Waals surface area contributed by atoms with Crippen LogP contribution >= 0.6 is 11.6 Å². The summed E-state index contributed by atoms with van der Waals surface area (Å²) in [5.41, 5.74) is 2.48. The number of nitrogens with one attached hydrogen (secondary N) is 1. The third-order valence-electron chi connectivity index (χ3n) is 6.87. The molecule has 242 valence electrons. The number of benzene rings is 3. The van der Waals surface area contributed by atoms with E-state index in [0.717, 1.165) is 11.1 Å². The van der Waals surface area contributed by atoms with Gasteiger partial charge in [0.05, 0.1) is 18.8 Å². The van der Waals surface area contributed by atoms with Crippen molar-refractivity contribution in [3.8, 4) is 34.1 Å². The Kier molecular flexibility index (Phi) is 10.4. The third-order valence-corrected chi connectivity index (χ3v) is 7.10. The predicted molar refractivity (Wildman–Crippen MR) is 181 cm³/mol. The molecule has 0 radical (unpaired) electrons. The summed E-state index contributed by atoms with van der Waals surface area (Å²) in [4.78, 5) is 24.1. The van der Waals surface area contributed by atoms with Gasteiger partial charge in [0, 0.05) is 16.3 Å². The Morgan fingerprint density at radius 2 is 1.80 bits per heavy atom. The molecule has 0 spiro atoms. The van der Waals surface area contributed by atoms with Crippen LogP contribution in [-0.2, 0) is 11.2 Å². The normalized spacial score (nSPS) is 12.8. The predicted octanol–water partition coefficient (Wildman–Crippen LogP) is 8.87. The molecule has 4 aromatic rings. The Hall–Kier alpha value is -4.89. The highest BCUT2D eigenvalue weighted by atomic mass is 35.5. The fourth-order valence-corrected chi connectivity index (χ4v) is 5.01. The molecule has 3 N–H and O–H groups in total. The summed E-state index contributed by atoms with van der Waals surface area (Å²) >= 11 is 5.74. The van der Waals surface area contributed by atoms with Gasteiger partial charge < -0.3 is 28.8 Å². The standard InChI is InChI=1S/C26H26O6.C10H12ClNO2/c1-14(2)6-11-17-22-18(12-13-26(3,4)32-22)24-20(23(17)30-5)21(28)19(25(29)31-24)15-7-9-16(27)10-8-15;1-7(2)14-10(13)12-9-5-3-4-8(11)6-9/h6-10,12-13,27-28H,11H2,1-5H3;3-7H,1-2H3,(H,12,13). The summed E-state index contributed by atoms with van der Waals surface area (Å²) in [5, 5.41) is 24.3. The van der Waals surface area contributed by atoms with Crippen LogP contribution in [0.1, 0.15) is 52.7 Å². The Morgan fingerprint density at radius 1 is 1.11 bits per heavy atom. The lowest BCUT2D eigenvalue weighted by molar-refractivity contribution is 0.130. The van der Waals surface area contributed by atoms with Gasteiger partial charge >= 0.3 is 11.7 Å². The van der Waals surface area contributed by atoms with Crippen LogP contribution in [0.15, 0.2) is 75.5 Å². The molecule has 1 aliphatic rings. The van der Waals surface area contributed by atoms with Gasteiger partial charge in [0.15, 0.2) is 5.58 Å². The number of rotatable bonds is 6. The van der Waals surface area contributed by atoms with Gasteiger partial charge in [-0.25, -0.2) is 9.59 Å². The van der Waals surface area contributed by atoms with Crippen LogP contribution in [0.5, 0.6) is 23.0 Å². The SMILES string of the molecule is CC(C)OC(=O)Nc1cccc(Cl)c1.COc1c(CC=C(C)C)c2c(c3oc(=O)c(-c4ccc(O)cc4)c(O)c13)C=CC(C)(C)O2. The molecule has 1 aromatic heterocycles. The molecule has 9 nitrogen and oxygen atoms in total. The molecular weight excluding hydrogens is 610 g/mol. The lowest BCUT2D eigenvalue weighted by Crippen LogP contribution is -2.28. The molecule has 0 fully saturated rings. The minimum Gasteiger partial charge on any atom is -0.508 e. The Morgan fingerprint density at radius 3 is 2.41 bits per heavy atom. The van der Waals surface area contributed by atoms with E-state index in [1.807, 2.05) is 39.8 Å². The number of halogens is 1. The number of aromatic hydroxyl groups is 2. The summed E-state index contributed by atoms with van der Waals surface area (Å²) < 4.78 is 22.7. The second kappa shape index (κ2) is 14.0. The van der Waals surface area contributed by atoms with Crippen molar-refractivity contribution < 1.29 is 33.6 Å². The van der Waals surface area contributed by atoms with E-state index >= 15 is 0 Å². The lowest BCUT2D eigenvalue weighted by atomic mass is 9.93. The van der Waals surface area contributed by atoms with E-state index in [-0.39, 0.29) is 28.7 Å². The fraction of sp³-hybridized carbons (Fsp3) is 0.278. The summed E-state index contributed by atoms with van der Waals surface area (Å²) in [7, 11) is 1.52. The van der Waals surface area contributed by atoms with Crippen molar-refractivity contribution in [1.29, 1.82) is 0 Å². The van der Waals surface area contributed by atoms with Crippen LogP contribution in [0, 0.1) is 0 Å². The molecule has 0 saturated heterocycles. The van der Waals surface area contributed by atoms with Gasteiger partial charge in [-0.05, 0) is 96.0 Å². The van der Waals surface area contributed by atoms with Gasteiger partial charge in [-0.2, -0.15) is 0 Å². The number of anilines is 1. The second-order valence-corrected chi connectivity index (χ2v) is 12.2. The maximum absolute atomic E-state index is 12.9. The monoisotopic (exact) mass is 647 g/mol. The number of fused-ring (bicyclic) bond motifs is 3. The quantitative estimate of drug-likeness (QED) is 0.140. The second-order valence-electron chi connectivity index (χ2n) is 11.7. The number of ether oxygens (including phenoxy) is 3. The van der Waals surface area contributed by atoms with E-state index in [4.69, 9.17) is 30.2 Å². The van der Waals surface area contributed by atoms with Crippen molar-refractivity contribution >= 4 is 40.4 Å². The van der Waals surface area contributed by atoms with Crippen LogP contribution in [0.3, 0.4) is 0 Å². The van der Waals surface area contributed by atoms with Crippen LogP contribution in [0.4, 0.5) is 10.5 Å². The van der Waals surface area contributed by atoms with Gasteiger partial charge in [0.2, 0.25) is 0 Å². The molecule has 0 bridgehead atoms. The van der Waals surface area contributed by atoms with Crippen molar-refractivity contribution in [2.75, 3.05) is 12.4 Å². The number of phenols is 1. The van der Waals surface area contributed by atoms with E-state index in [2.05, 4.69) is 11.4 Å². The van der Waals surface area contributed by atoms with E-state index in [1.165, 1.54) is 19.2 Å². The molecule has 5 rings (SSSR count). The number of hydrogen-bond donors (Lipinski definition) is 3. The lowest BCUT2D eigenvalue weighted by Gasteiger charge is -2.31. The summed E-state index contributed by atoms with van der Waals surface area (Å²) in [6.45, 7) is 11.5. The zero-order chi connectivity index (χ0) is 33.8. The van der Waals surface area contributed by atoms with Crippen LogP contribution < -0.4 is 20.4 Å². The molecule has 3 aromatic carbocycles. The van der Waals surface area contributed by atoms with Crippen molar-refractivity contribution in [3.05, 3.63) is 92.8 Å². The first-order valence-corrected chi connectivity index (χ1v) is 15.0. The van der Waals surface area contributed by atoms with Crippen LogP contribution in [0.2, 0.25) is 5.02 Å². The number of carbonyl (C=O) groups excluding carboxylic acids is 1. The third kappa shape index (κ3) is 7.84. The Bertz CT molecular complexity index is 1870. The molecule has 0 saturated carbocycles. The maximum Gasteiger partial charge on any atom is 0.411 e. The molecule has 1 amide bonds. The fourth-order valence-electron chi connectivity index (χ4n) is 4.82. The Balaban J connectivity index is 0.000000288. The molecule has 46 heavy (non-hydrogen) atoms. The van der Waals surface area contributed by atoms with Gasteiger partial charge in [-0.3, -0.25) is 5.32 Å². The number of phenolic OH excluding ortho intramolecular Hbond substituents is 1. The first-order chi connectivity index (χ1) is 21.7. The van der Waals surface area contributed by atoms with Gasteiger partial charge in [-0.1, -0.05) is 41.4 Å². The average molecular weight is 648 g/mol. The number of carbonyl (C=O) groups is 1. The van der Waals surface area contributed by atoms with Crippen LogP contribution in [0.25, 0.3) is 28.2 Å². The summed E-state index contributed by atoms with van der Waals surface area (Å²) in [5.74, 6) is 0.778. The van der Waals surface area contributed by atoms with Crippen molar-refractivity contribution in [3.63, 3.8) is 0 Å². The average Bonchev–Trinajstić information content (AvgIpc) is 2.96. The molecule has 0 unspecified atom stereocenters. The van der Waals surface area contributed by atoms with Crippen molar-refractivity contribution in [1.82, 2.24) is 0 Å². The minimum absolute atomic E-state index is 0.00458. The molecule has 0 aliphatic carbocycles. The van der Waals surface area contributed by atoms with E-state index in [1.54, 1.807) is 50.2 Å². The molecule has 10 heteroatoms. The van der Waals surface area contributed by atoms with Crippen molar-refractivity contribution in [2.24, 2.45) is 0 Å². The topological polar surface area (TPSA) is 127 Å². The maximum atomic E-state index is 12.9. The van der Waals surface area contributed by atoms with Gasteiger partial charge in [-0.15, -0.1) is 0 Å². The number of amides is 1. The summed E-state index contributed by atoms with van der Waals surface area (Å²) in [6, 6.07) is 12.9. The first-order valence-electron chi connectivity index (χ1n) is 14.7. The van der Waals surface area contributed by atoms with E-state index in [0.29, 0.717) is 45.1 Å². The molecule has 0 atom stereocenters. The zero-order valence-corrected chi connectivity index (χ0v) is 27.6. The van der Waals surface area contributed by atoms with Crippen molar-refractivity contribution in [2.45, 2.75) is 59.7 Å². The molecule has 1 aliphatic heterocycles. The highest BCUT2D eigenvalue weighted by molar-refractivity contribution is 6.30.